The first-order chi connectivity index (χ1) is 9.90. The molecule has 3 fully saturated rings. The van der Waals surface area contributed by atoms with E-state index in [9.17, 15) is 0 Å². The van der Waals surface area contributed by atoms with Gasteiger partial charge in [-0.2, -0.15) is 0 Å². The molecule has 0 aromatic heterocycles. The lowest BCUT2D eigenvalue weighted by Crippen LogP contribution is -2.31. The molecular formula is C20H24. The first-order valence-electron chi connectivity index (χ1n) is 8.62. The van der Waals surface area contributed by atoms with Crippen molar-refractivity contribution in [1.29, 1.82) is 0 Å². The number of hydrogen-bond donors (Lipinski definition) is 0. The maximum atomic E-state index is 2.57. The fraction of sp³-hybridized carbons (Fsp3) is 0.600. The van der Waals surface area contributed by atoms with E-state index < -0.39 is 0 Å². The highest BCUT2D eigenvalue weighted by Crippen LogP contribution is 2.67. The molecule has 1 aromatic rings. The average molecular weight is 264 g/mol. The lowest BCUT2D eigenvalue weighted by molar-refractivity contribution is 0.144. The summed E-state index contributed by atoms with van der Waals surface area (Å²) in [6.45, 7) is 0. The highest BCUT2D eigenvalue weighted by atomic mass is 14.6. The number of benzene rings is 1. The van der Waals surface area contributed by atoms with Crippen LogP contribution in [-0.2, 0) is 6.42 Å². The summed E-state index contributed by atoms with van der Waals surface area (Å²) in [4.78, 5) is 0. The normalized spacial score (nSPS) is 47.1. The van der Waals surface area contributed by atoms with Gasteiger partial charge in [-0.3, -0.25) is 0 Å². The van der Waals surface area contributed by atoms with E-state index in [0.29, 0.717) is 0 Å². The van der Waals surface area contributed by atoms with Gasteiger partial charge in [0.2, 0.25) is 0 Å². The molecule has 0 heterocycles. The van der Waals surface area contributed by atoms with Crippen LogP contribution in [0.1, 0.15) is 31.2 Å². The zero-order chi connectivity index (χ0) is 13.1. The Morgan fingerprint density at radius 2 is 1.65 bits per heavy atom. The molecule has 1 aromatic carbocycles. The summed E-state index contributed by atoms with van der Waals surface area (Å²) < 4.78 is 0. The lowest BCUT2D eigenvalue weighted by Gasteiger charge is -2.36. The lowest BCUT2D eigenvalue weighted by atomic mass is 9.68. The Morgan fingerprint density at radius 1 is 0.850 bits per heavy atom. The van der Waals surface area contributed by atoms with E-state index in [2.05, 4.69) is 42.5 Å². The van der Waals surface area contributed by atoms with Crippen molar-refractivity contribution in [2.75, 3.05) is 0 Å². The number of fused-ring (bicyclic) bond motifs is 9. The van der Waals surface area contributed by atoms with Crippen molar-refractivity contribution in [3.63, 3.8) is 0 Å². The molecule has 0 radical (unpaired) electrons. The summed E-state index contributed by atoms with van der Waals surface area (Å²) >= 11 is 0. The molecule has 4 bridgehead atoms. The van der Waals surface area contributed by atoms with Gasteiger partial charge in [0.25, 0.3) is 0 Å². The summed E-state index contributed by atoms with van der Waals surface area (Å²) in [6, 6.07) is 11.1. The SMILES string of the molecule is C1=CC2CC1C1C3CC(CCc4ccccc4)C(C3)C21. The molecule has 5 rings (SSSR count). The van der Waals surface area contributed by atoms with Gasteiger partial charge in [-0.15, -0.1) is 0 Å². The quantitative estimate of drug-likeness (QED) is 0.547. The Kier molecular flexibility index (Phi) is 2.45. The molecule has 7 atom stereocenters. The van der Waals surface area contributed by atoms with E-state index in [1.54, 1.807) is 18.4 Å². The van der Waals surface area contributed by atoms with Crippen molar-refractivity contribution in [1.82, 2.24) is 0 Å². The van der Waals surface area contributed by atoms with E-state index >= 15 is 0 Å². The average Bonchev–Trinajstić information content (AvgIpc) is 3.24. The molecule has 0 aliphatic heterocycles. The number of hydrogen-bond acceptors (Lipinski definition) is 0. The van der Waals surface area contributed by atoms with Gasteiger partial charge in [-0.1, -0.05) is 42.5 Å². The summed E-state index contributed by atoms with van der Waals surface area (Å²) in [5.41, 5.74) is 1.54. The van der Waals surface area contributed by atoms with Crippen LogP contribution in [0.25, 0.3) is 0 Å². The molecule has 0 heteroatoms. The Hall–Kier alpha value is -1.04. The van der Waals surface area contributed by atoms with Gasteiger partial charge in [0.05, 0.1) is 0 Å². The van der Waals surface area contributed by atoms with Gasteiger partial charge in [0.1, 0.15) is 0 Å². The second-order valence-electron chi connectivity index (χ2n) is 7.78. The Balaban J connectivity index is 1.30. The van der Waals surface area contributed by atoms with Crippen LogP contribution in [0.4, 0.5) is 0 Å². The summed E-state index contributed by atoms with van der Waals surface area (Å²) in [7, 11) is 0. The first kappa shape index (κ1) is 11.6. The standard InChI is InChI=1S/C20H24/c1-2-4-13(5-3-1)6-7-14-10-17-12-18(14)20-16-9-8-15(11-16)19(17)20/h1-5,8-9,14-20H,6-7,10-12H2. The van der Waals surface area contributed by atoms with Gasteiger partial charge in [-0.05, 0) is 79.1 Å². The third-order valence-corrected chi connectivity index (χ3v) is 7.05. The van der Waals surface area contributed by atoms with Crippen LogP contribution in [0.5, 0.6) is 0 Å². The van der Waals surface area contributed by atoms with E-state index in [0.717, 1.165) is 41.4 Å². The fourth-order valence-corrected chi connectivity index (χ4v) is 6.48. The van der Waals surface area contributed by atoms with Crippen LogP contribution >= 0.6 is 0 Å². The van der Waals surface area contributed by atoms with Crippen molar-refractivity contribution >= 4 is 0 Å². The number of aryl methyl sites for hydroxylation is 1. The molecule has 4 aliphatic rings. The van der Waals surface area contributed by atoms with Gasteiger partial charge < -0.3 is 0 Å². The van der Waals surface area contributed by atoms with Gasteiger partial charge >= 0.3 is 0 Å². The second-order valence-corrected chi connectivity index (χ2v) is 7.78. The molecule has 0 nitrogen and oxygen atoms in total. The predicted molar refractivity (Wildman–Crippen MR) is 82.2 cm³/mol. The van der Waals surface area contributed by atoms with Crippen molar-refractivity contribution in [2.24, 2.45) is 41.4 Å². The maximum absolute atomic E-state index is 2.57. The summed E-state index contributed by atoms with van der Waals surface area (Å²) in [5.74, 6) is 7.34. The zero-order valence-electron chi connectivity index (χ0n) is 12.1. The monoisotopic (exact) mass is 264 g/mol. The molecule has 0 spiro atoms. The molecule has 0 N–H and O–H groups in total. The van der Waals surface area contributed by atoms with Crippen molar-refractivity contribution in [3.05, 3.63) is 48.0 Å². The molecule has 0 amide bonds. The van der Waals surface area contributed by atoms with Crippen molar-refractivity contribution in [3.8, 4) is 0 Å². The van der Waals surface area contributed by atoms with Crippen LogP contribution in [0.3, 0.4) is 0 Å². The molecule has 0 saturated heterocycles. The fourth-order valence-electron chi connectivity index (χ4n) is 6.48. The topological polar surface area (TPSA) is 0 Å². The van der Waals surface area contributed by atoms with Gasteiger partial charge in [0.15, 0.2) is 0 Å². The summed E-state index contributed by atoms with van der Waals surface area (Å²) in [6.07, 6.45) is 12.5. The minimum absolute atomic E-state index is 0.972. The zero-order valence-corrected chi connectivity index (χ0v) is 12.1. The Morgan fingerprint density at radius 3 is 2.50 bits per heavy atom. The van der Waals surface area contributed by atoms with Crippen LogP contribution in [0, 0.1) is 41.4 Å². The highest BCUT2D eigenvalue weighted by Gasteiger charge is 2.60. The highest BCUT2D eigenvalue weighted by molar-refractivity contribution is 5.21. The molecule has 104 valence electrons. The van der Waals surface area contributed by atoms with Crippen LogP contribution in [0.15, 0.2) is 42.5 Å². The number of rotatable bonds is 3. The van der Waals surface area contributed by atoms with E-state index in [1.165, 1.54) is 19.3 Å². The van der Waals surface area contributed by atoms with Crippen LogP contribution in [0.2, 0.25) is 0 Å². The minimum Gasteiger partial charge on any atom is -0.0848 e. The molecule has 20 heavy (non-hydrogen) atoms. The summed E-state index contributed by atoms with van der Waals surface area (Å²) in [5, 5.41) is 0. The predicted octanol–water partition coefficient (Wildman–Crippen LogP) is 4.71. The van der Waals surface area contributed by atoms with E-state index in [4.69, 9.17) is 0 Å². The second kappa shape index (κ2) is 4.23. The molecule has 7 unspecified atom stereocenters. The van der Waals surface area contributed by atoms with Gasteiger partial charge in [-0.25, -0.2) is 0 Å². The maximum Gasteiger partial charge on any atom is -0.0194 e. The number of allylic oxidation sites excluding steroid dienone is 2. The smallest absolute Gasteiger partial charge is 0.0194 e. The molecule has 3 saturated carbocycles. The van der Waals surface area contributed by atoms with Crippen molar-refractivity contribution < 1.29 is 0 Å². The van der Waals surface area contributed by atoms with Crippen LogP contribution < -0.4 is 0 Å². The first-order valence-corrected chi connectivity index (χ1v) is 8.62. The third-order valence-electron chi connectivity index (χ3n) is 7.05. The Bertz CT molecular complexity index is 528. The van der Waals surface area contributed by atoms with Gasteiger partial charge in [0, 0.05) is 0 Å². The Labute approximate surface area is 122 Å². The largest absolute Gasteiger partial charge is 0.0848 e. The molecular weight excluding hydrogens is 240 g/mol. The van der Waals surface area contributed by atoms with Crippen LogP contribution in [-0.4, -0.2) is 0 Å². The molecule has 4 aliphatic carbocycles. The third kappa shape index (κ3) is 1.54. The minimum atomic E-state index is 0.972. The van der Waals surface area contributed by atoms with E-state index in [1.807, 2.05) is 0 Å². The van der Waals surface area contributed by atoms with Crippen molar-refractivity contribution in [2.45, 2.75) is 32.1 Å². The van der Waals surface area contributed by atoms with E-state index in [-0.39, 0.29) is 0 Å².